The van der Waals surface area contributed by atoms with Gasteiger partial charge in [-0.2, -0.15) is 0 Å². The van der Waals surface area contributed by atoms with Gasteiger partial charge in [0.15, 0.2) is 0 Å². The van der Waals surface area contributed by atoms with Gasteiger partial charge < -0.3 is 14.6 Å². The Labute approximate surface area is 125 Å². The van der Waals surface area contributed by atoms with E-state index in [-0.39, 0.29) is 0 Å². The maximum absolute atomic E-state index is 6.11. The van der Waals surface area contributed by atoms with Crippen molar-refractivity contribution in [2.45, 2.75) is 26.9 Å². The molecule has 0 saturated heterocycles. The van der Waals surface area contributed by atoms with Crippen molar-refractivity contribution >= 4 is 17.3 Å². The second kappa shape index (κ2) is 6.82. The van der Waals surface area contributed by atoms with Crippen LogP contribution in [0.1, 0.15) is 23.8 Å². The van der Waals surface area contributed by atoms with Crippen LogP contribution in [0.25, 0.3) is 0 Å². The molecule has 0 aliphatic heterocycles. The molecule has 0 unspecified atom stereocenters. The van der Waals surface area contributed by atoms with Gasteiger partial charge in [0.2, 0.25) is 0 Å². The fourth-order valence-electron chi connectivity index (χ4n) is 2.24. The second-order valence-electron chi connectivity index (χ2n) is 4.91. The Bertz CT molecular complexity index is 565. The maximum Gasteiger partial charge on any atom is 0.105 e. The molecule has 0 saturated carbocycles. The van der Waals surface area contributed by atoms with E-state index in [2.05, 4.69) is 30.3 Å². The van der Waals surface area contributed by atoms with Gasteiger partial charge in [0.1, 0.15) is 5.76 Å². The molecular formula is C16H21ClN2O. The first kappa shape index (κ1) is 14.9. The number of anilines is 1. The summed E-state index contributed by atoms with van der Waals surface area (Å²) in [5.74, 6) is 0.971. The van der Waals surface area contributed by atoms with E-state index in [0.29, 0.717) is 0 Å². The number of hydrogen-bond donors (Lipinski definition) is 1. The first-order valence-corrected chi connectivity index (χ1v) is 7.23. The number of benzene rings is 1. The van der Waals surface area contributed by atoms with Gasteiger partial charge in [-0.15, -0.1) is 0 Å². The SMILES string of the molecule is CCNCc1cc(Cl)ccc1N(C)Cc1ccoc1C. The van der Waals surface area contributed by atoms with Crippen LogP contribution in [0.15, 0.2) is 34.9 Å². The van der Waals surface area contributed by atoms with E-state index in [1.807, 2.05) is 25.1 Å². The van der Waals surface area contributed by atoms with E-state index in [1.165, 1.54) is 16.8 Å². The van der Waals surface area contributed by atoms with Crippen molar-refractivity contribution in [1.29, 1.82) is 0 Å². The average molecular weight is 293 g/mol. The highest BCUT2D eigenvalue weighted by Gasteiger charge is 2.10. The summed E-state index contributed by atoms with van der Waals surface area (Å²) in [6, 6.07) is 8.06. The summed E-state index contributed by atoms with van der Waals surface area (Å²) in [5.41, 5.74) is 3.61. The Morgan fingerprint density at radius 1 is 1.25 bits per heavy atom. The van der Waals surface area contributed by atoms with Crippen molar-refractivity contribution in [2.75, 3.05) is 18.5 Å². The zero-order chi connectivity index (χ0) is 14.5. The molecule has 1 N–H and O–H groups in total. The molecule has 1 aromatic carbocycles. The molecule has 0 radical (unpaired) electrons. The smallest absolute Gasteiger partial charge is 0.105 e. The highest BCUT2D eigenvalue weighted by atomic mass is 35.5. The van der Waals surface area contributed by atoms with E-state index in [9.17, 15) is 0 Å². The topological polar surface area (TPSA) is 28.4 Å². The summed E-state index contributed by atoms with van der Waals surface area (Å²) in [6.45, 7) is 6.67. The van der Waals surface area contributed by atoms with Crippen LogP contribution >= 0.6 is 11.6 Å². The van der Waals surface area contributed by atoms with Crippen molar-refractivity contribution in [3.63, 3.8) is 0 Å². The molecule has 0 aliphatic carbocycles. The van der Waals surface area contributed by atoms with Crippen molar-refractivity contribution in [3.8, 4) is 0 Å². The summed E-state index contributed by atoms with van der Waals surface area (Å²) < 4.78 is 5.36. The predicted molar refractivity (Wildman–Crippen MR) is 84.4 cm³/mol. The van der Waals surface area contributed by atoms with E-state index < -0.39 is 0 Å². The molecule has 1 aromatic heterocycles. The normalized spacial score (nSPS) is 10.8. The molecule has 0 atom stereocenters. The van der Waals surface area contributed by atoms with Gasteiger partial charge in [0, 0.05) is 36.4 Å². The van der Waals surface area contributed by atoms with E-state index in [1.54, 1.807) is 6.26 Å². The quantitative estimate of drug-likeness (QED) is 0.873. The van der Waals surface area contributed by atoms with Crippen LogP contribution in [0.2, 0.25) is 5.02 Å². The molecule has 2 rings (SSSR count). The largest absolute Gasteiger partial charge is 0.469 e. The number of halogens is 1. The summed E-state index contributed by atoms with van der Waals surface area (Å²) in [5, 5.41) is 4.13. The fourth-order valence-corrected chi connectivity index (χ4v) is 2.44. The van der Waals surface area contributed by atoms with E-state index >= 15 is 0 Å². The van der Waals surface area contributed by atoms with Crippen LogP contribution in [0.3, 0.4) is 0 Å². The minimum atomic E-state index is 0.773. The third-order valence-corrected chi connectivity index (χ3v) is 3.63. The molecule has 0 amide bonds. The number of nitrogens with one attached hydrogen (secondary N) is 1. The molecule has 3 nitrogen and oxygen atoms in total. The first-order chi connectivity index (χ1) is 9.61. The van der Waals surface area contributed by atoms with Gasteiger partial charge in [-0.05, 0) is 43.3 Å². The first-order valence-electron chi connectivity index (χ1n) is 6.85. The van der Waals surface area contributed by atoms with Gasteiger partial charge >= 0.3 is 0 Å². The number of furan rings is 1. The average Bonchev–Trinajstić information content (AvgIpc) is 2.82. The molecule has 0 bridgehead atoms. The number of aryl methyl sites for hydroxylation is 1. The van der Waals surface area contributed by atoms with Gasteiger partial charge in [-0.1, -0.05) is 18.5 Å². The number of nitrogens with zero attached hydrogens (tertiary/aromatic N) is 1. The zero-order valence-electron chi connectivity index (χ0n) is 12.2. The maximum atomic E-state index is 6.11. The molecule has 0 aliphatic rings. The van der Waals surface area contributed by atoms with Crippen molar-refractivity contribution in [3.05, 3.63) is 52.4 Å². The monoisotopic (exact) mass is 292 g/mol. The van der Waals surface area contributed by atoms with Gasteiger partial charge in [-0.25, -0.2) is 0 Å². The minimum Gasteiger partial charge on any atom is -0.469 e. The number of rotatable bonds is 6. The molecule has 2 aromatic rings. The Morgan fingerprint density at radius 3 is 2.70 bits per heavy atom. The molecule has 20 heavy (non-hydrogen) atoms. The van der Waals surface area contributed by atoms with Crippen LogP contribution in [0.5, 0.6) is 0 Å². The Morgan fingerprint density at radius 2 is 2.05 bits per heavy atom. The lowest BCUT2D eigenvalue weighted by Gasteiger charge is -2.22. The van der Waals surface area contributed by atoms with E-state index in [0.717, 1.165) is 30.4 Å². The highest BCUT2D eigenvalue weighted by molar-refractivity contribution is 6.30. The van der Waals surface area contributed by atoms with E-state index in [4.69, 9.17) is 16.0 Å². The van der Waals surface area contributed by atoms with Crippen LogP contribution < -0.4 is 10.2 Å². The molecular weight excluding hydrogens is 272 g/mol. The van der Waals surface area contributed by atoms with Crippen LogP contribution in [0.4, 0.5) is 5.69 Å². The number of hydrogen-bond acceptors (Lipinski definition) is 3. The Kier molecular flexibility index (Phi) is 5.10. The molecule has 4 heteroatoms. The molecule has 0 fully saturated rings. The highest BCUT2D eigenvalue weighted by Crippen LogP contribution is 2.25. The minimum absolute atomic E-state index is 0.773. The lowest BCUT2D eigenvalue weighted by atomic mass is 10.1. The van der Waals surface area contributed by atoms with Crippen LogP contribution in [-0.4, -0.2) is 13.6 Å². The molecule has 1 heterocycles. The summed E-state index contributed by atoms with van der Waals surface area (Å²) in [7, 11) is 2.09. The predicted octanol–water partition coefficient (Wildman–Crippen LogP) is 3.99. The fraction of sp³-hybridized carbons (Fsp3) is 0.375. The lowest BCUT2D eigenvalue weighted by molar-refractivity contribution is 0.529. The lowest BCUT2D eigenvalue weighted by Crippen LogP contribution is -2.20. The molecule has 108 valence electrons. The summed E-state index contributed by atoms with van der Waals surface area (Å²) in [4.78, 5) is 2.22. The van der Waals surface area contributed by atoms with Crippen LogP contribution in [-0.2, 0) is 13.1 Å². The third-order valence-electron chi connectivity index (χ3n) is 3.39. The van der Waals surface area contributed by atoms with Gasteiger partial charge in [-0.3, -0.25) is 0 Å². The van der Waals surface area contributed by atoms with Crippen LogP contribution in [0, 0.1) is 6.92 Å². The van der Waals surface area contributed by atoms with Gasteiger partial charge in [0.05, 0.1) is 6.26 Å². The summed E-state index contributed by atoms with van der Waals surface area (Å²) in [6.07, 6.45) is 1.74. The Balaban J connectivity index is 2.20. The third kappa shape index (κ3) is 3.56. The zero-order valence-corrected chi connectivity index (χ0v) is 13.0. The summed E-state index contributed by atoms with van der Waals surface area (Å²) >= 11 is 6.11. The van der Waals surface area contributed by atoms with Crippen molar-refractivity contribution < 1.29 is 4.42 Å². The standard InChI is InChI=1S/C16H21ClN2O/c1-4-18-10-14-9-15(17)5-6-16(14)19(3)11-13-7-8-20-12(13)2/h5-9,18H,4,10-11H2,1-3H3. The molecule has 0 spiro atoms. The van der Waals surface area contributed by atoms with Gasteiger partial charge in [0.25, 0.3) is 0 Å². The van der Waals surface area contributed by atoms with Crippen molar-refractivity contribution in [2.24, 2.45) is 0 Å². The Hall–Kier alpha value is -1.45. The second-order valence-corrected chi connectivity index (χ2v) is 5.35. The van der Waals surface area contributed by atoms with Crippen molar-refractivity contribution in [1.82, 2.24) is 5.32 Å².